The Kier molecular flexibility index (Phi) is 5.91. The van der Waals surface area contributed by atoms with Gasteiger partial charge in [0, 0.05) is 24.5 Å². The number of aromatic nitrogens is 1. The molecule has 6 heteroatoms. The predicted octanol–water partition coefficient (Wildman–Crippen LogP) is 3.96. The van der Waals surface area contributed by atoms with Crippen LogP contribution in [0, 0.1) is 5.82 Å². The lowest BCUT2D eigenvalue weighted by molar-refractivity contribution is 0.0527. The fourth-order valence-electron chi connectivity index (χ4n) is 2.02. The molecule has 1 heterocycles. The summed E-state index contributed by atoms with van der Waals surface area (Å²) in [6.45, 7) is 4.81. The summed E-state index contributed by atoms with van der Waals surface area (Å²) in [5.74, 6) is -0.236. The van der Waals surface area contributed by atoms with Crippen molar-refractivity contribution >= 4 is 23.2 Å². The number of nitrogens with zero attached hydrogens (tertiary/aromatic N) is 1. The first-order valence-electron chi connectivity index (χ1n) is 7.57. The second kappa shape index (κ2) is 8.12. The maximum atomic E-state index is 13.2. The van der Waals surface area contributed by atoms with Crippen LogP contribution in [0.1, 0.15) is 30.6 Å². The first-order chi connectivity index (χ1) is 11.1. The van der Waals surface area contributed by atoms with E-state index in [-0.39, 0.29) is 5.82 Å². The molecule has 2 N–H and O–H groups in total. The standard InChI is InChI=1S/C17H20FN3O2/c1-3-8-19-15-10-16(20-11-14(15)17(22)23-4-2)21-13-7-5-6-12(18)9-13/h5-7,9-11H,3-4,8H2,1-2H3,(H2,19,20,21). The van der Waals surface area contributed by atoms with Gasteiger partial charge in [0.1, 0.15) is 17.2 Å². The topological polar surface area (TPSA) is 63.2 Å². The second-order valence-electron chi connectivity index (χ2n) is 4.90. The lowest BCUT2D eigenvalue weighted by atomic mass is 10.2. The number of rotatable bonds is 7. The molecule has 0 bridgehead atoms. The Morgan fingerprint density at radius 1 is 1.30 bits per heavy atom. The molecule has 0 aliphatic carbocycles. The number of hydrogen-bond donors (Lipinski definition) is 2. The minimum atomic E-state index is -0.420. The molecule has 0 saturated heterocycles. The van der Waals surface area contributed by atoms with Crippen LogP contribution < -0.4 is 10.6 Å². The summed E-state index contributed by atoms with van der Waals surface area (Å²) in [6.07, 6.45) is 2.37. The number of ether oxygens (including phenoxy) is 1. The van der Waals surface area contributed by atoms with Gasteiger partial charge in [-0.3, -0.25) is 0 Å². The molecule has 0 radical (unpaired) electrons. The average molecular weight is 317 g/mol. The predicted molar refractivity (Wildman–Crippen MR) is 88.7 cm³/mol. The summed E-state index contributed by atoms with van der Waals surface area (Å²) >= 11 is 0. The van der Waals surface area contributed by atoms with Gasteiger partial charge < -0.3 is 15.4 Å². The van der Waals surface area contributed by atoms with E-state index in [1.807, 2.05) is 6.92 Å². The SMILES string of the molecule is CCCNc1cc(Nc2cccc(F)c2)ncc1C(=O)OCC. The summed E-state index contributed by atoms with van der Waals surface area (Å²) in [5.41, 5.74) is 1.60. The van der Waals surface area contributed by atoms with Crippen molar-refractivity contribution < 1.29 is 13.9 Å². The Labute approximate surface area is 134 Å². The van der Waals surface area contributed by atoms with Gasteiger partial charge in [-0.2, -0.15) is 0 Å². The monoisotopic (exact) mass is 317 g/mol. The largest absolute Gasteiger partial charge is 0.462 e. The Hall–Kier alpha value is -2.63. The van der Waals surface area contributed by atoms with Crippen molar-refractivity contribution in [1.29, 1.82) is 0 Å². The van der Waals surface area contributed by atoms with E-state index < -0.39 is 5.97 Å². The molecule has 0 amide bonds. The summed E-state index contributed by atoms with van der Waals surface area (Å²) in [6, 6.07) is 7.81. The molecule has 23 heavy (non-hydrogen) atoms. The molecule has 1 aromatic carbocycles. The van der Waals surface area contributed by atoms with Gasteiger partial charge in [-0.1, -0.05) is 13.0 Å². The highest BCUT2D eigenvalue weighted by molar-refractivity contribution is 5.96. The summed E-state index contributed by atoms with van der Waals surface area (Å²) < 4.78 is 18.3. The molecule has 0 aliphatic rings. The third-order valence-corrected chi connectivity index (χ3v) is 3.06. The van der Waals surface area contributed by atoms with Crippen LogP contribution in [0.3, 0.4) is 0 Å². The normalized spacial score (nSPS) is 10.2. The molecule has 0 aliphatic heterocycles. The summed E-state index contributed by atoms with van der Waals surface area (Å²) in [7, 11) is 0. The molecule has 1 aromatic heterocycles. The van der Waals surface area contributed by atoms with Crippen LogP contribution in [-0.4, -0.2) is 24.1 Å². The van der Waals surface area contributed by atoms with Gasteiger partial charge in [-0.25, -0.2) is 14.2 Å². The van der Waals surface area contributed by atoms with Crippen LogP contribution in [0.25, 0.3) is 0 Å². The molecular formula is C17H20FN3O2. The molecule has 2 aromatic rings. The highest BCUT2D eigenvalue weighted by atomic mass is 19.1. The average Bonchev–Trinajstić information content (AvgIpc) is 2.53. The van der Waals surface area contributed by atoms with Crippen LogP contribution in [0.15, 0.2) is 36.5 Å². The van der Waals surface area contributed by atoms with Gasteiger partial charge in [-0.15, -0.1) is 0 Å². The number of nitrogens with one attached hydrogen (secondary N) is 2. The summed E-state index contributed by atoms with van der Waals surface area (Å²) in [5, 5.41) is 6.20. The zero-order chi connectivity index (χ0) is 16.7. The van der Waals surface area contributed by atoms with Crippen LogP contribution in [0.5, 0.6) is 0 Å². The molecule has 0 saturated carbocycles. The lowest BCUT2D eigenvalue weighted by Crippen LogP contribution is -2.11. The molecule has 122 valence electrons. The van der Waals surface area contributed by atoms with Crippen molar-refractivity contribution in [1.82, 2.24) is 4.98 Å². The lowest BCUT2D eigenvalue weighted by Gasteiger charge is -2.13. The van der Waals surface area contributed by atoms with Crippen molar-refractivity contribution in [3.63, 3.8) is 0 Å². The van der Waals surface area contributed by atoms with Gasteiger partial charge in [0.25, 0.3) is 0 Å². The maximum absolute atomic E-state index is 13.2. The van der Waals surface area contributed by atoms with E-state index in [9.17, 15) is 9.18 Å². The first kappa shape index (κ1) is 16.7. The zero-order valence-corrected chi connectivity index (χ0v) is 13.2. The van der Waals surface area contributed by atoms with Crippen molar-refractivity contribution in [2.45, 2.75) is 20.3 Å². The number of carbonyl (C=O) groups is 1. The number of benzene rings is 1. The molecule has 0 spiro atoms. The van der Waals surface area contributed by atoms with Crippen LogP contribution in [0.4, 0.5) is 21.6 Å². The Bertz CT molecular complexity index is 677. The number of anilines is 3. The van der Waals surface area contributed by atoms with E-state index in [1.165, 1.54) is 18.3 Å². The van der Waals surface area contributed by atoms with Crippen LogP contribution in [-0.2, 0) is 4.74 Å². The van der Waals surface area contributed by atoms with Gasteiger partial charge in [-0.05, 0) is 31.5 Å². The number of esters is 1. The zero-order valence-electron chi connectivity index (χ0n) is 13.2. The molecule has 2 rings (SSSR count). The number of carbonyl (C=O) groups excluding carboxylic acids is 1. The Morgan fingerprint density at radius 2 is 2.13 bits per heavy atom. The quantitative estimate of drug-likeness (QED) is 0.757. The number of pyridine rings is 1. The summed E-state index contributed by atoms with van der Waals surface area (Å²) in [4.78, 5) is 16.2. The van der Waals surface area contributed by atoms with Gasteiger partial charge in [0.2, 0.25) is 0 Å². The van der Waals surface area contributed by atoms with E-state index in [1.54, 1.807) is 25.1 Å². The Morgan fingerprint density at radius 3 is 2.83 bits per heavy atom. The second-order valence-corrected chi connectivity index (χ2v) is 4.90. The molecule has 5 nitrogen and oxygen atoms in total. The van der Waals surface area contributed by atoms with Crippen molar-refractivity contribution in [3.8, 4) is 0 Å². The van der Waals surface area contributed by atoms with E-state index in [0.717, 1.165) is 13.0 Å². The molecular weight excluding hydrogens is 297 g/mol. The van der Waals surface area contributed by atoms with E-state index in [0.29, 0.717) is 29.4 Å². The minimum Gasteiger partial charge on any atom is -0.462 e. The minimum absolute atomic E-state index is 0.301. The third-order valence-electron chi connectivity index (χ3n) is 3.06. The van der Waals surface area contributed by atoms with Crippen molar-refractivity contribution in [2.24, 2.45) is 0 Å². The van der Waals surface area contributed by atoms with Crippen LogP contribution >= 0.6 is 0 Å². The van der Waals surface area contributed by atoms with Gasteiger partial charge in [0.15, 0.2) is 0 Å². The van der Waals surface area contributed by atoms with E-state index >= 15 is 0 Å². The highest BCUT2D eigenvalue weighted by Gasteiger charge is 2.14. The van der Waals surface area contributed by atoms with Crippen molar-refractivity contribution in [2.75, 3.05) is 23.8 Å². The molecule has 0 fully saturated rings. The smallest absolute Gasteiger partial charge is 0.341 e. The highest BCUT2D eigenvalue weighted by Crippen LogP contribution is 2.22. The van der Waals surface area contributed by atoms with E-state index in [2.05, 4.69) is 15.6 Å². The third kappa shape index (κ3) is 4.67. The molecule has 0 atom stereocenters. The fraction of sp³-hybridized carbons (Fsp3) is 0.294. The molecule has 0 unspecified atom stereocenters. The Balaban J connectivity index is 2.26. The first-order valence-corrected chi connectivity index (χ1v) is 7.57. The van der Waals surface area contributed by atoms with E-state index in [4.69, 9.17) is 4.74 Å². The van der Waals surface area contributed by atoms with Gasteiger partial charge >= 0.3 is 5.97 Å². The van der Waals surface area contributed by atoms with Crippen molar-refractivity contribution in [3.05, 3.63) is 47.9 Å². The number of hydrogen-bond acceptors (Lipinski definition) is 5. The van der Waals surface area contributed by atoms with Gasteiger partial charge in [0.05, 0.1) is 12.3 Å². The fourth-order valence-corrected chi connectivity index (χ4v) is 2.02. The maximum Gasteiger partial charge on any atom is 0.341 e. The van der Waals surface area contributed by atoms with Crippen LogP contribution in [0.2, 0.25) is 0 Å². The number of halogens is 1.